The van der Waals surface area contributed by atoms with Gasteiger partial charge in [-0.1, -0.05) is 25.5 Å². The van der Waals surface area contributed by atoms with Crippen molar-refractivity contribution in [3.8, 4) is 5.75 Å². The Morgan fingerprint density at radius 3 is 2.90 bits per heavy atom. The van der Waals surface area contributed by atoms with Gasteiger partial charge < -0.3 is 14.8 Å². The van der Waals surface area contributed by atoms with Crippen molar-refractivity contribution in [2.24, 2.45) is 5.92 Å². The van der Waals surface area contributed by atoms with Gasteiger partial charge in [0.1, 0.15) is 12.4 Å². The standard InChI is InChI=1S/C16H26BNO3/c1-2-14-5-4-9-18(10-8-14)11-12-21-16-7-3-6-15(13-16)17(19)20/h3,6-7,13-14,19-20H,2,4-5,8-12H2,1H3. The van der Waals surface area contributed by atoms with Gasteiger partial charge in [-0.15, -0.1) is 0 Å². The topological polar surface area (TPSA) is 52.9 Å². The molecule has 116 valence electrons. The summed E-state index contributed by atoms with van der Waals surface area (Å²) in [6.45, 7) is 6.18. The van der Waals surface area contributed by atoms with Gasteiger partial charge in [0, 0.05) is 6.54 Å². The van der Waals surface area contributed by atoms with Crippen LogP contribution in [0.5, 0.6) is 5.75 Å². The molecule has 2 rings (SSSR count). The molecule has 1 aromatic carbocycles. The van der Waals surface area contributed by atoms with E-state index in [-0.39, 0.29) is 0 Å². The predicted octanol–water partition coefficient (Wildman–Crippen LogP) is 1.26. The summed E-state index contributed by atoms with van der Waals surface area (Å²) in [6, 6.07) is 6.99. The third-order valence-electron chi connectivity index (χ3n) is 4.35. The summed E-state index contributed by atoms with van der Waals surface area (Å²) >= 11 is 0. The fourth-order valence-corrected chi connectivity index (χ4v) is 2.91. The van der Waals surface area contributed by atoms with Crippen LogP contribution in [0, 0.1) is 5.92 Å². The van der Waals surface area contributed by atoms with E-state index in [1.165, 1.54) is 25.7 Å². The molecule has 0 aliphatic carbocycles. The minimum absolute atomic E-state index is 0.466. The second-order valence-electron chi connectivity index (χ2n) is 5.84. The third-order valence-corrected chi connectivity index (χ3v) is 4.35. The van der Waals surface area contributed by atoms with Crippen molar-refractivity contribution in [3.63, 3.8) is 0 Å². The van der Waals surface area contributed by atoms with E-state index in [1.807, 2.05) is 6.07 Å². The van der Waals surface area contributed by atoms with Crippen molar-refractivity contribution in [1.82, 2.24) is 4.90 Å². The minimum Gasteiger partial charge on any atom is -0.492 e. The minimum atomic E-state index is -1.44. The highest BCUT2D eigenvalue weighted by atomic mass is 16.5. The van der Waals surface area contributed by atoms with Crippen LogP contribution in [-0.4, -0.2) is 48.3 Å². The first-order chi connectivity index (χ1) is 10.2. The summed E-state index contributed by atoms with van der Waals surface area (Å²) in [5, 5.41) is 18.3. The molecule has 21 heavy (non-hydrogen) atoms. The SMILES string of the molecule is CCC1CCCN(CCOc2cccc(B(O)O)c2)CC1. The average molecular weight is 291 g/mol. The molecule has 5 heteroatoms. The lowest BCUT2D eigenvalue weighted by atomic mass is 9.80. The Labute approximate surface area is 127 Å². The molecular formula is C16H26BNO3. The van der Waals surface area contributed by atoms with Gasteiger partial charge in [0.2, 0.25) is 0 Å². The molecule has 1 aliphatic rings. The zero-order valence-corrected chi connectivity index (χ0v) is 12.9. The lowest BCUT2D eigenvalue weighted by Gasteiger charge is -2.20. The quantitative estimate of drug-likeness (QED) is 0.775. The van der Waals surface area contributed by atoms with Crippen molar-refractivity contribution in [2.45, 2.75) is 32.6 Å². The van der Waals surface area contributed by atoms with E-state index in [0.717, 1.165) is 25.6 Å². The second kappa shape index (κ2) is 8.42. The molecule has 0 radical (unpaired) electrons. The van der Waals surface area contributed by atoms with Gasteiger partial charge in [-0.3, -0.25) is 4.90 Å². The maximum atomic E-state index is 9.15. The monoisotopic (exact) mass is 291 g/mol. The van der Waals surface area contributed by atoms with Crippen LogP contribution in [0.25, 0.3) is 0 Å². The number of hydrogen-bond donors (Lipinski definition) is 2. The van der Waals surface area contributed by atoms with Gasteiger partial charge >= 0.3 is 7.12 Å². The summed E-state index contributed by atoms with van der Waals surface area (Å²) in [6.07, 6.45) is 5.22. The Balaban J connectivity index is 1.75. The number of rotatable bonds is 6. The molecule has 1 heterocycles. The first-order valence-electron chi connectivity index (χ1n) is 8.00. The second-order valence-corrected chi connectivity index (χ2v) is 5.84. The lowest BCUT2D eigenvalue weighted by Crippen LogP contribution is -2.31. The van der Waals surface area contributed by atoms with E-state index in [4.69, 9.17) is 14.8 Å². The van der Waals surface area contributed by atoms with Crippen molar-refractivity contribution in [1.29, 1.82) is 0 Å². The fourth-order valence-electron chi connectivity index (χ4n) is 2.91. The Kier molecular flexibility index (Phi) is 6.55. The Bertz CT molecular complexity index is 428. The number of likely N-dealkylation sites (tertiary alicyclic amines) is 1. The van der Waals surface area contributed by atoms with E-state index in [1.54, 1.807) is 18.2 Å². The number of benzene rings is 1. The highest BCUT2D eigenvalue weighted by Gasteiger charge is 2.15. The largest absolute Gasteiger partial charge is 0.492 e. The molecule has 1 atom stereocenters. The van der Waals surface area contributed by atoms with E-state index in [2.05, 4.69) is 11.8 Å². The smallest absolute Gasteiger partial charge is 0.488 e. The highest BCUT2D eigenvalue weighted by molar-refractivity contribution is 6.58. The molecule has 4 nitrogen and oxygen atoms in total. The molecule has 0 saturated carbocycles. The zero-order chi connectivity index (χ0) is 15.1. The fraction of sp³-hybridized carbons (Fsp3) is 0.625. The van der Waals surface area contributed by atoms with Crippen molar-refractivity contribution < 1.29 is 14.8 Å². The third kappa shape index (κ3) is 5.34. The van der Waals surface area contributed by atoms with Crippen molar-refractivity contribution in [2.75, 3.05) is 26.2 Å². The van der Waals surface area contributed by atoms with Crippen molar-refractivity contribution >= 4 is 12.6 Å². The molecule has 1 unspecified atom stereocenters. The molecule has 1 aromatic rings. The van der Waals surface area contributed by atoms with Gasteiger partial charge in [-0.25, -0.2) is 0 Å². The molecule has 1 aliphatic heterocycles. The molecule has 1 fully saturated rings. The van der Waals surface area contributed by atoms with E-state index in [9.17, 15) is 0 Å². The Hall–Kier alpha value is -1.04. The number of hydrogen-bond acceptors (Lipinski definition) is 4. The highest BCUT2D eigenvalue weighted by Crippen LogP contribution is 2.20. The zero-order valence-electron chi connectivity index (χ0n) is 12.9. The number of ether oxygens (including phenoxy) is 1. The van der Waals surface area contributed by atoms with Crippen LogP contribution >= 0.6 is 0 Å². The van der Waals surface area contributed by atoms with Crippen LogP contribution in [0.1, 0.15) is 32.6 Å². The maximum absolute atomic E-state index is 9.15. The summed E-state index contributed by atoms with van der Waals surface area (Å²) in [7, 11) is -1.44. The van der Waals surface area contributed by atoms with Crippen LogP contribution in [0.3, 0.4) is 0 Å². The van der Waals surface area contributed by atoms with Gasteiger partial charge in [0.25, 0.3) is 0 Å². The normalized spacial score (nSPS) is 20.0. The summed E-state index contributed by atoms with van der Waals surface area (Å²) < 4.78 is 5.73. The summed E-state index contributed by atoms with van der Waals surface area (Å²) in [5.74, 6) is 1.58. The molecular weight excluding hydrogens is 265 g/mol. The lowest BCUT2D eigenvalue weighted by molar-refractivity contribution is 0.212. The molecule has 0 amide bonds. The summed E-state index contributed by atoms with van der Waals surface area (Å²) in [5.41, 5.74) is 0.466. The molecule has 0 bridgehead atoms. The van der Waals surface area contributed by atoms with Crippen LogP contribution < -0.4 is 10.2 Å². The summed E-state index contributed by atoms with van der Waals surface area (Å²) in [4.78, 5) is 2.47. The predicted molar refractivity (Wildman–Crippen MR) is 85.8 cm³/mol. The average Bonchev–Trinajstić information content (AvgIpc) is 2.73. The van der Waals surface area contributed by atoms with Gasteiger partial charge in [0.05, 0.1) is 0 Å². The molecule has 1 saturated heterocycles. The van der Waals surface area contributed by atoms with Gasteiger partial charge in [0.15, 0.2) is 0 Å². The van der Waals surface area contributed by atoms with Crippen molar-refractivity contribution in [3.05, 3.63) is 24.3 Å². The van der Waals surface area contributed by atoms with Crippen LogP contribution in [0.4, 0.5) is 0 Å². The van der Waals surface area contributed by atoms with E-state index in [0.29, 0.717) is 17.8 Å². The Morgan fingerprint density at radius 2 is 2.14 bits per heavy atom. The molecule has 0 aromatic heterocycles. The van der Waals surface area contributed by atoms with Crippen LogP contribution in [-0.2, 0) is 0 Å². The molecule has 2 N–H and O–H groups in total. The van der Waals surface area contributed by atoms with E-state index < -0.39 is 7.12 Å². The van der Waals surface area contributed by atoms with Crippen LogP contribution in [0.15, 0.2) is 24.3 Å². The number of nitrogens with zero attached hydrogens (tertiary/aromatic N) is 1. The first-order valence-corrected chi connectivity index (χ1v) is 8.00. The molecule has 0 spiro atoms. The van der Waals surface area contributed by atoms with E-state index >= 15 is 0 Å². The Morgan fingerprint density at radius 1 is 1.29 bits per heavy atom. The maximum Gasteiger partial charge on any atom is 0.488 e. The van der Waals surface area contributed by atoms with Gasteiger partial charge in [-0.2, -0.15) is 0 Å². The van der Waals surface area contributed by atoms with Gasteiger partial charge in [-0.05, 0) is 55.9 Å². The first kappa shape index (κ1) is 16.3. The van der Waals surface area contributed by atoms with Crippen LogP contribution in [0.2, 0.25) is 0 Å².